The summed E-state index contributed by atoms with van der Waals surface area (Å²) in [6.45, 7) is 9.15. The van der Waals surface area contributed by atoms with Gasteiger partial charge in [-0.3, -0.25) is 9.69 Å². The van der Waals surface area contributed by atoms with Gasteiger partial charge in [0.2, 0.25) is 5.91 Å². The van der Waals surface area contributed by atoms with Crippen LogP contribution < -0.4 is 4.74 Å². The number of piperazine rings is 1. The second-order valence-corrected chi connectivity index (χ2v) is 7.05. The molecule has 0 spiro atoms. The van der Waals surface area contributed by atoms with Crippen molar-refractivity contribution in [3.8, 4) is 5.75 Å². The van der Waals surface area contributed by atoms with E-state index in [2.05, 4.69) is 36.1 Å². The average Bonchev–Trinajstić information content (AvgIpc) is 2.71. The molecule has 2 aromatic rings. The van der Waals surface area contributed by atoms with Crippen LogP contribution in [0.3, 0.4) is 0 Å². The van der Waals surface area contributed by atoms with Gasteiger partial charge in [-0.1, -0.05) is 49.4 Å². The lowest BCUT2D eigenvalue weighted by molar-refractivity contribution is -0.134. The predicted octanol–water partition coefficient (Wildman–Crippen LogP) is 3.92. The summed E-state index contributed by atoms with van der Waals surface area (Å²) in [6, 6.07) is 18.5. The third-order valence-electron chi connectivity index (χ3n) is 5.23. The quantitative estimate of drug-likeness (QED) is 0.744. The van der Waals surface area contributed by atoms with Gasteiger partial charge in [-0.15, -0.1) is 0 Å². The van der Waals surface area contributed by atoms with Gasteiger partial charge in [0.05, 0.1) is 12.5 Å². The summed E-state index contributed by atoms with van der Waals surface area (Å²) in [4.78, 5) is 17.4. The molecule has 0 N–H and O–H groups in total. The number of carbonyl (C=O) groups excluding carboxylic acids is 1. The number of benzene rings is 2. The van der Waals surface area contributed by atoms with Crippen molar-refractivity contribution in [1.82, 2.24) is 9.80 Å². The van der Waals surface area contributed by atoms with Crippen molar-refractivity contribution < 1.29 is 9.53 Å². The highest BCUT2D eigenvalue weighted by atomic mass is 16.5. The average molecular weight is 367 g/mol. The highest BCUT2D eigenvalue weighted by molar-refractivity contribution is 5.83. The number of carbonyl (C=O) groups is 1. The first-order valence-corrected chi connectivity index (χ1v) is 9.99. The summed E-state index contributed by atoms with van der Waals surface area (Å²) >= 11 is 0. The summed E-state index contributed by atoms with van der Waals surface area (Å²) in [7, 11) is 0. The molecule has 1 saturated heterocycles. The van der Waals surface area contributed by atoms with E-state index >= 15 is 0 Å². The van der Waals surface area contributed by atoms with Gasteiger partial charge < -0.3 is 9.64 Å². The Morgan fingerprint density at radius 1 is 0.963 bits per heavy atom. The van der Waals surface area contributed by atoms with Crippen molar-refractivity contribution in [2.75, 3.05) is 32.8 Å². The van der Waals surface area contributed by atoms with Gasteiger partial charge in [0.1, 0.15) is 5.75 Å². The monoisotopic (exact) mass is 366 g/mol. The molecule has 0 aliphatic carbocycles. The van der Waals surface area contributed by atoms with Crippen LogP contribution in [-0.2, 0) is 11.3 Å². The highest BCUT2D eigenvalue weighted by Gasteiger charge is 2.27. The SMILES string of the molecule is CCOc1ccc(CN2CCN(C(=O)C(CC)c3ccccc3)CC2)cc1. The lowest BCUT2D eigenvalue weighted by Crippen LogP contribution is -2.49. The molecule has 0 aromatic heterocycles. The summed E-state index contributed by atoms with van der Waals surface area (Å²) in [5.41, 5.74) is 2.41. The van der Waals surface area contributed by atoms with Crippen LogP contribution in [0, 0.1) is 0 Å². The molecule has 1 unspecified atom stereocenters. The predicted molar refractivity (Wildman–Crippen MR) is 109 cm³/mol. The number of amides is 1. The minimum atomic E-state index is -0.0242. The molecule has 1 aliphatic heterocycles. The van der Waals surface area contributed by atoms with Crippen molar-refractivity contribution in [2.45, 2.75) is 32.7 Å². The maximum Gasteiger partial charge on any atom is 0.230 e. The highest BCUT2D eigenvalue weighted by Crippen LogP contribution is 2.23. The molecule has 1 fully saturated rings. The van der Waals surface area contributed by atoms with E-state index in [0.29, 0.717) is 6.61 Å². The minimum Gasteiger partial charge on any atom is -0.494 e. The second-order valence-electron chi connectivity index (χ2n) is 7.05. The third kappa shape index (κ3) is 5.10. The van der Waals surface area contributed by atoms with E-state index in [1.807, 2.05) is 42.2 Å². The molecule has 2 aromatic carbocycles. The van der Waals surface area contributed by atoms with Crippen molar-refractivity contribution in [3.63, 3.8) is 0 Å². The zero-order valence-electron chi connectivity index (χ0n) is 16.4. The van der Waals surface area contributed by atoms with Crippen LogP contribution in [0.1, 0.15) is 37.3 Å². The van der Waals surface area contributed by atoms with Crippen LogP contribution >= 0.6 is 0 Å². The molecule has 4 heteroatoms. The molecule has 0 saturated carbocycles. The van der Waals surface area contributed by atoms with Gasteiger partial charge in [0, 0.05) is 32.7 Å². The molecule has 1 amide bonds. The van der Waals surface area contributed by atoms with E-state index in [1.165, 1.54) is 5.56 Å². The summed E-state index contributed by atoms with van der Waals surface area (Å²) in [6.07, 6.45) is 0.843. The van der Waals surface area contributed by atoms with Crippen LogP contribution in [0.15, 0.2) is 54.6 Å². The molecule has 27 heavy (non-hydrogen) atoms. The van der Waals surface area contributed by atoms with Crippen LogP contribution in [0.5, 0.6) is 5.75 Å². The maximum atomic E-state index is 13.0. The second kappa shape index (κ2) is 9.56. The minimum absolute atomic E-state index is 0.0242. The van der Waals surface area contributed by atoms with E-state index in [-0.39, 0.29) is 11.8 Å². The molecule has 1 aliphatic rings. The Bertz CT molecular complexity index is 707. The van der Waals surface area contributed by atoms with Crippen LogP contribution in [0.25, 0.3) is 0 Å². The fourth-order valence-electron chi connectivity index (χ4n) is 3.70. The van der Waals surface area contributed by atoms with Gasteiger partial charge in [-0.25, -0.2) is 0 Å². The summed E-state index contributed by atoms with van der Waals surface area (Å²) in [5.74, 6) is 1.16. The molecule has 1 atom stereocenters. The number of rotatable bonds is 7. The van der Waals surface area contributed by atoms with Crippen molar-refractivity contribution in [1.29, 1.82) is 0 Å². The Hall–Kier alpha value is -2.33. The van der Waals surface area contributed by atoms with E-state index in [0.717, 1.165) is 50.5 Å². The molecule has 4 nitrogen and oxygen atoms in total. The van der Waals surface area contributed by atoms with Crippen molar-refractivity contribution in [2.24, 2.45) is 0 Å². The van der Waals surface area contributed by atoms with Crippen LogP contribution in [0.4, 0.5) is 0 Å². The molecule has 3 rings (SSSR count). The lowest BCUT2D eigenvalue weighted by atomic mass is 9.95. The maximum absolute atomic E-state index is 13.0. The number of nitrogens with zero attached hydrogens (tertiary/aromatic N) is 2. The Kier molecular flexibility index (Phi) is 6.88. The number of hydrogen-bond acceptors (Lipinski definition) is 3. The van der Waals surface area contributed by atoms with Gasteiger partial charge >= 0.3 is 0 Å². The van der Waals surface area contributed by atoms with E-state index in [4.69, 9.17) is 4.74 Å². The Morgan fingerprint density at radius 3 is 2.22 bits per heavy atom. The van der Waals surface area contributed by atoms with Gasteiger partial charge in [-0.05, 0) is 36.6 Å². The van der Waals surface area contributed by atoms with Crippen LogP contribution in [0.2, 0.25) is 0 Å². The number of ether oxygens (including phenoxy) is 1. The zero-order chi connectivity index (χ0) is 19.1. The van der Waals surface area contributed by atoms with Gasteiger partial charge in [0.25, 0.3) is 0 Å². The van der Waals surface area contributed by atoms with E-state index in [9.17, 15) is 4.79 Å². The first-order valence-electron chi connectivity index (χ1n) is 9.99. The molecule has 0 bridgehead atoms. The fraction of sp³-hybridized carbons (Fsp3) is 0.435. The molecular formula is C23H30N2O2. The Morgan fingerprint density at radius 2 is 1.63 bits per heavy atom. The Balaban J connectivity index is 1.52. The van der Waals surface area contributed by atoms with E-state index < -0.39 is 0 Å². The van der Waals surface area contributed by atoms with E-state index in [1.54, 1.807) is 0 Å². The first-order chi connectivity index (χ1) is 13.2. The zero-order valence-corrected chi connectivity index (χ0v) is 16.4. The van der Waals surface area contributed by atoms with Crippen molar-refractivity contribution >= 4 is 5.91 Å². The topological polar surface area (TPSA) is 32.8 Å². The molecule has 0 radical (unpaired) electrons. The van der Waals surface area contributed by atoms with Crippen LogP contribution in [-0.4, -0.2) is 48.5 Å². The fourth-order valence-corrected chi connectivity index (χ4v) is 3.70. The molecule has 144 valence electrons. The molecular weight excluding hydrogens is 336 g/mol. The third-order valence-corrected chi connectivity index (χ3v) is 5.23. The number of hydrogen-bond donors (Lipinski definition) is 0. The first kappa shape index (κ1) is 19.4. The summed E-state index contributed by atoms with van der Waals surface area (Å²) in [5, 5.41) is 0. The van der Waals surface area contributed by atoms with Crippen molar-refractivity contribution in [3.05, 3.63) is 65.7 Å². The smallest absolute Gasteiger partial charge is 0.230 e. The standard InChI is InChI=1S/C23H30N2O2/c1-3-22(20-8-6-5-7-9-20)23(26)25-16-14-24(15-17-25)18-19-10-12-21(13-11-19)27-4-2/h5-13,22H,3-4,14-18H2,1-2H3. The van der Waals surface area contributed by atoms with Gasteiger partial charge in [0.15, 0.2) is 0 Å². The van der Waals surface area contributed by atoms with Gasteiger partial charge in [-0.2, -0.15) is 0 Å². The summed E-state index contributed by atoms with van der Waals surface area (Å²) < 4.78 is 5.50. The largest absolute Gasteiger partial charge is 0.494 e. The lowest BCUT2D eigenvalue weighted by Gasteiger charge is -2.36. The Labute approximate surface area is 162 Å². The molecule has 1 heterocycles. The normalized spacial score (nSPS) is 16.1.